The van der Waals surface area contributed by atoms with E-state index in [1.165, 1.54) is 6.20 Å². The van der Waals surface area contributed by atoms with Gasteiger partial charge in [0, 0.05) is 25.2 Å². The number of aromatic nitrogens is 2. The van der Waals surface area contributed by atoms with E-state index in [2.05, 4.69) is 9.97 Å². The zero-order valence-electron chi connectivity index (χ0n) is 15.6. The Morgan fingerprint density at radius 3 is 2.67 bits per heavy atom. The second-order valence-corrected chi connectivity index (χ2v) is 6.80. The monoisotopic (exact) mass is 368 g/mol. The molecule has 0 bridgehead atoms. The lowest BCUT2D eigenvalue weighted by molar-refractivity contribution is -0.131. The summed E-state index contributed by atoms with van der Waals surface area (Å²) in [5, 5.41) is 0. The third-order valence-corrected chi connectivity index (χ3v) is 4.92. The minimum atomic E-state index is -0.529. The highest BCUT2D eigenvalue weighted by Crippen LogP contribution is 2.25. The van der Waals surface area contributed by atoms with E-state index in [-0.39, 0.29) is 11.8 Å². The molecule has 1 atom stereocenters. The van der Waals surface area contributed by atoms with Crippen LogP contribution >= 0.6 is 0 Å². The molecule has 0 saturated carbocycles. The molecule has 1 aliphatic rings. The predicted octanol–water partition coefficient (Wildman–Crippen LogP) is 1.84. The number of primary amides is 1. The Morgan fingerprint density at radius 1 is 1.30 bits per heavy atom. The van der Waals surface area contributed by atoms with E-state index >= 15 is 0 Å². The first kappa shape index (κ1) is 18.8. The molecule has 2 amide bonds. The summed E-state index contributed by atoms with van der Waals surface area (Å²) in [6.07, 6.45) is 3.66. The Balaban J connectivity index is 1.67. The summed E-state index contributed by atoms with van der Waals surface area (Å²) in [6.45, 7) is 3.08. The second-order valence-electron chi connectivity index (χ2n) is 6.80. The van der Waals surface area contributed by atoms with E-state index in [4.69, 9.17) is 10.5 Å². The van der Waals surface area contributed by atoms with Crippen LogP contribution in [0.2, 0.25) is 0 Å². The first-order chi connectivity index (χ1) is 13.0. The van der Waals surface area contributed by atoms with Gasteiger partial charge in [-0.15, -0.1) is 0 Å². The maximum Gasteiger partial charge on any atom is 0.252 e. The molecule has 27 heavy (non-hydrogen) atoms. The van der Waals surface area contributed by atoms with Crippen molar-refractivity contribution in [1.29, 1.82) is 0 Å². The molecular formula is C20H24N4O3. The van der Waals surface area contributed by atoms with Crippen molar-refractivity contribution in [2.24, 2.45) is 5.73 Å². The van der Waals surface area contributed by atoms with Gasteiger partial charge in [-0.3, -0.25) is 9.59 Å². The van der Waals surface area contributed by atoms with E-state index in [1.54, 1.807) is 14.0 Å². The number of hydrogen-bond donors (Lipinski definition) is 1. The Labute approximate surface area is 158 Å². The summed E-state index contributed by atoms with van der Waals surface area (Å²) in [4.78, 5) is 34.7. The number of rotatable bonds is 5. The number of likely N-dealkylation sites (tertiary alicyclic amines) is 1. The third kappa shape index (κ3) is 4.42. The van der Waals surface area contributed by atoms with Crippen LogP contribution in [0.4, 0.5) is 0 Å². The minimum Gasteiger partial charge on any atom is -0.497 e. The molecule has 0 unspecified atom stereocenters. The Morgan fingerprint density at radius 2 is 2.04 bits per heavy atom. The highest BCUT2D eigenvalue weighted by Gasteiger charge is 2.27. The van der Waals surface area contributed by atoms with E-state index in [9.17, 15) is 9.59 Å². The zero-order valence-corrected chi connectivity index (χ0v) is 15.6. The first-order valence-electron chi connectivity index (χ1n) is 9.02. The SMILES string of the molecule is COc1ccc(CC(=O)N2CCC[C@@H](c3ncc(C(N)=O)c(C)n3)C2)cc1. The predicted molar refractivity (Wildman–Crippen MR) is 101 cm³/mol. The van der Waals surface area contributed by atoms with Gasteiger partial charge in [0.1, 0.15) is 11.6 Å². The Bertz CT molecular complexity index is 836. The zero-order chi connectivity index (χ0) is 19.4. The molecule has 1 saturated heterocycles. The van der Waals surface area contributed by atoms with Crippen LogP contribution in [0.15, 0.2) is 30.5 Å². The van der Waals surface area contributed by atoms with Crippen molar-refractivity contribution in [2.45, 2.75) is 32.1 Å². The summed E-state index contributed by atoms with van der Waals surface area (Å²) in [5.41, 5.74) is 7.19. The van der Waals surface area contributed by atoms with E-state index < -0.39 is 5.91 Å². The highest BCUT2D eigenvalue weighted by molar-refractivity contribution is 5.93. The highest BCUT2D eigenvalue weighted by atomic mass is 16.5. The second kappa shape index (κ2) is 8.16. The van der Waals surface area contributed by atoms with Crippen LogP contribution in [0.25, 0.3) is 0 Å². The van der Waals surface area contributed by atoms with Gasteiger partial charge < -0.3 is 15.4 Å². The smallest absolute Gasteiger partial charge is 0.252 e. The van der Waals surface area contributed by atoms with Gasteiger partial charge in [0.2, 0.25) is 5.91 Å². The summed E-state index contributed by atoms with van der Waals surface area (Å²) >= 11 is 0. The molecule has 142 valence electrons. The molecule has 0 radical (unpaired) electrons. The number of benzene rings is 1. The normalized spacial score (nSPS) is 16.8. The minimum absolute atomic E-state index is 0.0687. The number of nitrogens with zero attached hydrogens (tertiary/aromatic N) is 3. The summed E-state index contributed by atoms with van der Waals surface area (Å²) in [7, 11) is 1.62. The van der Waals surface area contributed by atoms with Gasteiger partial charge in [-0.25, -0.2) is 9.97 Å². The number of amides is 2. The molecule has 2 N–H and O–H groups in total. The number of nitrogens with two attached hydrogens (primary N) is 1. The molecule has 0 spiro atoms. The number of hydrogen-bond acceptors (Lipinski definition) is 5. The van der Waals surface area contributed by atoms with Gasteiger partial charge in [0.05, 0.1) is 24.8 Å². The maximum absolute atomic E-state index is 12.7. The Kier molecular flexibility index (Phi) is 5.69. The fourth-order valence-electron chi connectivity index (χ4n) is 3.37. The van der Waals surface area contributed by atoms with E-state index in [0.717, 1.165) is 30.7 Å². The number of ether oxygens (including phenoxy) is 1. The third-order valence-electron chi connectivity index (χ3n) is 4.92. The van der Waals surface area contributed by atoms with Crippen molar-refractivity contribution in [3.63, 3.8) is 0 Å². The molecule has 1 aromatic carbocycles. The number of piperidine rings is 1. The van der Waals surface area contributed by atoms with Crippen LogP contribution in [-0.4, -0.2) is 46.9 Å². The molecule has 2 heterocycles. The average molecular weight is 368 g/mol. The van der Waals surface area contributed by atoms with E-state index in [0.29, 0.717) is 30.0 Å². The molecule has 0 aliphatic carbocycles. The van der Waals surface area contributed by atoms with Crippen molar-refractivity contribution < 1.29 is 14.3 Å². The molecule has 1 aromatic heterocycles. The number of carbonyl (C=O) groups excluding carboxylic acids is 2. The number of carbonyl (C=O) groups is 2. The molecule has 3 rings (SSSR count). The lowest BCUT2D eigenvalue weighted by atomic mass is 9.96. The maximum atomic E-state index is 12.7. The molecule has 2 aromatic rings. The topological polar surface area (TPSA) is 98.4 Å². The van der Waals surface area contributed by atoms with Gasteiger partial charge in [0.15, 0.2) is 0 Å². The quantitative estimate of drug-likeness (QED) is 0.868. The van der Waals surface area contributed by atoms with E-state index in [1.807, 2.05) is 29.2 Å². The number of methoxy groups -OCH3 is 1. The molecular weight excluding hydrogens is 344 g/mol. The van der Waals surface area contributed by atoms with Crippen molar-refractivity contribution in [3.05, 3.63) is 53.1 Å². The molecule has 1 fully saturated rings. The van der Waals surface area contributed by atoms with Gasteiger partial charge in [0.25, 0.3) is 5.91 Å². The fourth-order valence-corrected chi connectivity index (χ4v) is 3.37. The fraction of sp³-hybridized carbons (Fsp3) is 0.400. The largest absolute Gasteiger partial charge is 0.497 e. The summed E-state index contributed by atoms with van der Waals surface area (Å²) < 4.78 is 5.15. The van der Waals surface area contributed by atoms with Crippen LogP contribution in [0, 0.1) is 6.92 Å². The molecule has 7 heteroatoms. The van der Waals surface area contributed by atoms with Crippen molar-refractivity contribution in [2.75, 3.05) is 20.2 Å². The van der Waals surface area contributed by atoms with Gasteiger partial charge in [-0.2, -0.15) is 0 Å². The van der Waals surface area contributed by atoms with Crippen LogP contribution in [0.3, 0.4) is 0 Å². The van der Waals surface area contributed by atoms with Crippen LogP contribution in [-0.2, 0) is 11.2 Å². The molecule has 7 nitrogen and oxygen atoms in total. The lowest BCUT2D eigenvalue weighted by Crippen LogP contribution is -2.40. The lowest BCUT2D eigenvalue weighted by Gasteiger charge is -2.32. The average Bonchev–Trinajstić information content (AvgIpc) is 2.68. The standard InChI is InChI=1S/C20H24N4O3/c1-13-17(19(21)26)11-22-20(23-13)15-4-3-9-24(12-15)18(25)10-14-5-7-16(27-2)8-6-14/h5-8,11,15H,3-4,9-10,12H2,1-2H3,(H2,21,26)/t15-/m1/s1. The molecule has 1 aliphatic heterocycles. The van der Waals surface area contributed by atoms with Crippen molar-refractivity contribution in [1.82, 2.24) is 14.9 Å². The summed E-state index contributed by atoms with van der Waals surface area (Å²) in [5.74, 6) is 1.07. The number of aryl methyl sites for hydroxylation is 1. The first-order valence-corrected chi connectivity index (χ1v) is 9.02. The summed E-state index contributed by atoms with van der Waals surface area (Å²) in [6, 6.07) is 7.54. The van der Waals surface area contributed by atoms with Gasteiger partial charge in [-0.1, -0.05) is 12.1 Å². The van der Waals surface area contributed by atoms with Crippen molar-refractivity contribution >= 4 is 11.8 Å². The van der Waals surface area contributed by atoms with Crippen LogP contribution < -0.4 is 10.5 Å². The van der Waals surface area contributed by atoms with Crippen LogP contribution in [0.1, 0.15) is 46.2 Å². The van der Waals surface area contributed by atoms with Crippen LogP contribution in [0.5, 0.6) is 5.75 Å². The Hall–Kier alpha value is -2.96. The van der Waals surface area contributed by atoms with Gasteiger partial charge >= 0.3 is 0 Å². The van der Waals surface area contributed by atoms with Gasteiger partial charge in [-0.05, 0) is 37.5 Å². The van der Waals surface area contributed by atoms with Crippen molar-refractivity contribution in [3.8, 4) is 5.75 Å².